The fraction of sp³-hybridized carbons (Fsp3) is 0.577. The average Bonchev–Trinajstić information content (AvgIpc) is 2.77. The van der Waals surface area contributed by atoms with Gasteiger partial charge in [-0.2, -0.15) is 5.10 Å². The number of halogens is 1. The van der Waals surface area contributed by atoms with Crippen LogP contribution >= 0.6 is 11.6 Å². The topological polar surface area (TPSA) is 54.4 Å². The van der Waals surface area contributed by atoms with Gasteiger partial charge in [0.1, 0.15) is 5.15 Å². The zero-order chi connectivity index (χ0) is 22.2. The van der Waals surface area contributed by atoms with E-state index in [0.29, 0.717) is 17.1 Å². The van der Waals surface area contributed by atoms with Crippen LogP contribution < -0.4 is 5.43 Å². The number of hydrogen-bond acceptors (Lipinski definition) is 3. The van der Waals surface area contributed by atoms with E-state index < -0.39 is 0 Å². The minimum absolute atomic E-state index is 0.0517. The Balaban J connectivity index is 1.49. The van der Waals surface area contributed by atoms with Crippen LogP contribution in [0.15, 0.2) is 35.4 Å². The van der Waals surface area contributed by atoms with E-state index in [0.717, 1.165) is 23.7 Å². The Bertz CT molecular complexity index is 806. The van der Waals surface area contributed by atoms with Crippen LogP contribution in [0.3, 0.4) is 0 Å². The van der Waals surface area contributed by atoms with Gasteiger partial charge in [0.2, 0.25) is 5.91 Å². The largest absolute Gasteiger partial charge is 0.273 e. The van der Waals surface area contributed by atoms with Crippen molar-refractivity contribution in [3.63, 3.8) is 0 Å². The van der Waals surface area contributed by atoms with Gasteiger partial charge in [-0.3, -0.25) is 4.79 Å². The van der Waals surface area contributed by atoms with Crippen molar-refractivity contribution in [2.75, 3.05) is 0 Å². The number of aromatic nitrogens is 1. The Hall–Kier alpha value is -1.94. The summed E-state index contributed by atoms with van der Waals surface area (Å²) < 4.78 is 0. The molecule has 0 fully saturated rings. The molecule has 1 N–H and O–H groups in total. The maximum atomic E-state index is 12.0. The van der Waals surface area contributed by atoms with Crippen LogP contribution in [0.2, 0.25) is 5.15 Å². The summed E-state index contributed by atoms with van der Waals surface area (Å²) in [6, 6.07) is 9.70. The lowest BCUT2D eigenvalue weighted by atomic mass is 10.0. The molecular formula is C26H38ClN3O. The fourth-order valence-electron chi connectivity index (χ4n) is 3.73. The lowest BCUT2D eigenvalue weighted by Crippen LogP contribution is -2.16. The second-order valence-electron chi connectivity index (χ2n) is 8.35. The number of benzene rings is 1. The van der Waals surface area contributed by atoms with Gasteiger partial charge in [0, 0.05) is 17.4 Å². The molecule has 2 aromatic rings. The van der Waals surface area contributed by atoms with Gasteiger partial charge in [0.25, 0.3) is 0 Å². The Labute approximate surface area is 192 Å². The average molecular weight is 444 g/mol. The summed E-state index contributed by atoms with van der Waals surface area (Å²) in [5, 5.41) is 5.42. The molecule has 0 saturated carbocycles. The molecule has 1 aromatic carbocycles. The Kier molecular flexibility index (Phi) is 12.9. The van der Waals surface area contributed by atoms with Gasteiger partial charge in [-0.15, -0.1) is 0 Å². The first-order valence-electron chi connectivity index (χ1n) is 12.1. The molecule has 4 nitrogen and oxygen atoms in total. The van der Waals surface area contributed by atoms with Crippen LogP contribution in [0.1, 0.15) is 102 Å². The van der Waals surface area contributed by atoms with Crippen LogP contribution in [-0.2, 0) is 4.79 Å². The Morgan fingerprint density at radius 2 is 1.52 bits per heavy atom. The number of carbonyl (C=O) groups is 1. The first-order valence-corrected chi connectivity index (χ1v) is 12.5. The molecule has 0 atom stereocenters. The molecule has 0 saturated heterocycles. The second-order valence-corrected chi connectivity index (χ2v) is 8.70. The Morgan fingerprint density at radius 3 is 2.16 bits per heavy atom. The first-order chi connectivity index (χ1) is 15.2. The van der Waals surface area contributed by atoms with Crippen molar-refractivity contribution in [3.05, 3.63) is 41.0 Å². The predicted octanol–water partition coefficient (Wildman–Crippen LogP) is 7.82. The number of carbonyl (C=O) groups excluding carboxylic acids is 1. The van der Waals surface area contributed by atoms with Gasteiger partial charge >= 0.3 is 0 Å². The molecule has 1 amide bonds. The summed E-state index contributed by atoms with van der Waals surface area (Å²) in [6.45, 7) is 2.27. The molecule has 0 unspecified atom stereocenters. The third kappa shape index (κ3) is 10.8. The van der Waals surface area contributed by atoms with Crippen molar-refractivity contribution >= 4 is 34.6 Å². The van der Waals surface area contributed by atoms with Gasteiger partial charge in [-0.25, -0.2) is 10.4 Å². The van der Waals surface area contributed by atoms with E-state index >= 15 is 0 Å². The van der Waals surface area contributed by atoms with Crippen molar-refractivity contribution in [1.82, 2.24) is 10.4 Å². The zero-order valence-corrected chi connectivity index (χ0v) is 19.8. The molecule has 31 heavy (non-hydrogen) atoms. The number of para-hydroxylation sites is 1. The second kappa shape index (κ2) is 15.8. The quantitative estimate of drug-likeness (QED) is 0.124. The molecule has 0 bridgehead atoms. The normalized spacial score (nSPS) is 11.4. The number of hydrogen-bond donors (Lipinski definition) is 1. The molecule has 170 valence electrons. The number of unbranched alkanes of at least 4 members (excludes halogenated alkanes) is 12. The van der Waals surface area contributed by atoms with E-state index in [4.69, 9.17) is 11.6 Å². The standard InChI is InChI=1S/C26H38ClN3O/c1-2-3-4-5-6-7-8-9-10-11-12-13-14-19-25(31)30-28-21-23-20-22-17-15-16-18-24(22)29-26(23)27/h15-18,20-21H,2-14,19H2,1H3,(H,30,31)/b28-21-. The number of rotatable bonds is 16. The highest BCUT2D eigenvalue weighted by Crippen LogP contribution is 2.19. The highest BCUT2D eigenvalue weighted by molar-refractivity contribution is 6.32. The van der Waals surface area contributed by atoms with E-state index in [1.165, 1.54) is 70.6 Å². The third-order valence-electron chi connectivity index (χ3n) is 5.60. The third-order valence-corrected chi connectivity index (χ3v) is 5.91. The van der Waals surface area contributed by atoms with Crippen molar-refractivity contribution in [1.29, 1.82) is 0 Å². The zero-order valence-electron chi connectivity index (χ0n) is 19.0. The van der Waals surface area contributed by atoms with Gasteiger partial charge in [0.15, 0.2) is 0 Å². The van der Waals surface area contributed by atoms with Crippen molar-refractivity contribution < 1.29 is 4.79 Å². The van der Waals surface area contributed by atoms with Crippen LogP contribution in [0.5, 0.6) is 0 Å². The summed E-state index contributed by atoms with van der Waals surface area (Å²) in [7, 11) is 0. The van der Waals surface area contributed by atoms with Crippen LogP contribution in [0.4, 0.5) is 0 Å². The maximum Gasteiger partial charge on any atom is 0.240 e. The molecule has 2 rings (SSSR count). The van der Waals surface area contributed by atoms with Crippen LogP contribution in [0, 0.1) is 0 Å². The van der Waals surface area contributed by atoms with E-state index in [1.807, 2.05) is 30.3 Å². The number of nitrogens with one attached hydrogen (secondary N) is 1. The SMILES string of the molecule is CCCCCCCCCCCCCCCC(=O)N/N=C\c1cc2ccccc2nc1Cl. The van der Waals surface area contributed by atoms with Gasteiger partial charge in [-0.05, 0) is 18.6 Å². The monoisotopic (exact) mass is 443 g/mol. The predicted molar refractivity (Wildman–Crippen MR) is 133 cm³/mol. The van der Waals surface area contributed by atoms with E-state index in [1.54, 1.807) is 6.21 Å². The smallest absolute Gasteiger partial charge is 0.240 e. The van der Waals surface area contributed by atoms with Crippen LogP contribution in [0.25, 0.3) is 10.9 Å². The number of nitrogens with zero attached hydrogens (tertiary/aromatic N) is 2. The molecule has 0 spiro atoms. The number of fused-ring (bicyclic) bond motifs is 1. The molecular weight excluding hydrogens is 406 g/mol. The summed E-state index contributed by atoms with van der Waals surface area (Å²) >= 11 is 6.20. The fourth-order valence-corrected chi connectivity index (χ4v) is 3.93. The van der Waals surface area contributed by atoms with Gasteiger partial charge in [0.05, 0.1) is 11.7 Å². The number of pyridine rings is 1. The molecule has 1 aromatic heterocycles. The lowest BCUT2D eigenvalue weighted by molar-refractivity contribution is -0.121. The number of amides is 1. The van der Waals surface area contributed by atoms with E-state index in [-0.39, 0.29) is 5.91 Å². The molecule has 0 aliphatic heterocycles. The summed E-state index contributed by atoms with van der Waals surface area (Å²) in [4.78, 5) is 16.3. The molecule has 0 aliphatic carbocycles. The minimum atomic E-state index is -0.0517. The van der Waals surface area contributed by atoms with Crippen LogP contribution in [-0.4, -0.2) is 17.1 Å². The van der Waals surface area contributed by atoms with Crippen molar-refractivity contribution in [2.24, 2.45) is 5.10 Å². The van der Waals surface area contributed by atoms with Crippen molar-refractivity contribution in [3.8, 4) is 0 Å². The summed E-state index contributed by atoms with van der Waals surface area (Å²) in [5.41, 5.74) is 4.13. The molecule has 5 heteroatoms. The van der Waals surface area contributed by atoms with E-state index in [9.17, 15) is 4.79 Å². The van der Waals surface area contributed by atoms with E-state index in [2.05, 4.69) is 22.4 Å². The van der Waals surface area contributed by atoms with Gasteiger partial charge in [-0.1, -0.05) is 114 Å². The molecule has 0 radical (unpaired) electrons. The van der Waals surface area contributed by atoms with Gasteiger partial charge < -0.3 is 0 Å². The highest BCUT2D eigenvalue weighted by atomic mass is 35.5. The lowest BCUT2D eigenvalue weighted by Gasteiger charge is -2.03. The number of hydrazone groups is 1. The molecule has 1 heterocycles. The maximum absolute atomic E-state index is 12.0. The molecule has 0 aliphatic rings. The summed E-state index contributed by atoms with van der Waals surface area (Å²) in [5.74, 6) is -0.0517. The highest BCUT2D eigenvalue weighted by Gasteiger charge is 2.03. The first kappa shape index (κ1) is 25.3. The Morgan fingerprint density at radius 1 is 0.935 bits per heavy atom. The van der Waals surface area contributed by atoms with Crippen molar-refractivity contribution in [2.45, 2.75) is 96.8 Å². The summed E-state index contributed by atoms with van der Waals surface area (Å²) in [6.07, 6.45) is 19.0. The minimum Gasteiger partial charge on any atom is -0.273 e.